The number of carbonyl (C=O) groups excluding carboxylic acids is 1. The maximum Gasteiger partial charge on any atom is 0.313 e. The standard InChI is InChI=1S/C19H21NO4S/c21-17(20-11-12-25-14-18(22)23)13-24-19(15-7-3-1-4-8-15)16-9-5-2-6-10-16/h1-10,19H,11-14H2,(H,20,21)(H,22,23). The lowest BCUT2D eigenvalue weighted by Crippen LogP contribution is -2.30. The van der Waals surface area contributed by atoms with Crippen LogP contribution in [0.3, 0.4) is 0 Å². The van der Waals surface area contributed by atoms with Gasteiger partial charge in [0.05, 0.1) is 5.75 Å². The van der Waals surface area contributed by atoms with Gasteiger partial charge >= 0.3 is 5.97 Å². The van der Waals surface area contributed by atoms with Gasteiger partial charge in [-0.25, -0.2) is 0 Å². The molecule has 0 saturated carbocycles. The number of carboxylic acids is 1. The Bertz CT molecular complexity index is 624. The Morgan fingerprint density at radius 2 is 1.56 bits per heavy atom. The molecule has 1 amide bonds. The SMILES string of the molecule is O=C(O)CSCCNC(=O)COC(c1ccccc1)c1ccccc1. The lowest BCUT2D eigenvalue weighted by Gasteiger charge is -2.18. The monoisotopic (exact) mass is 359 g/mol. The summed E-state index contributed by atoms with van der Waals surface area (Å²) >= 11 is 1.27. The molecular formula is C19H21NO4S. The van der Waals surface area contributed by atoms with Crippen LogP contribution in [0.25, 0.3) is 0 Å². The molecule has 6 heteroatoms. The lowest BCUT2D eigenvalue weighted by molar-refractivity contribution is -0.134. The van der Waals surface area contributed by atoms with Crippen LogP contribution in [0.4, 0.5) is 0 Å². The zero-order chi connectivity index (χ0) is 17.9. The van der Waals surface area contributed by atoms with Crippen molar-refractivity contribution < 1.29 is 19.4 Å². The second-order valence-electron chi connectivity index (χ2n) is 5.31. The zero-order valence-electron chi connectivity index (χ0n) is 13.8. The molecule has 2 N–H and O–H groups in total. The molecule has 0 aliphatic rings. The van der Waals surface area contributed by atoms with E-state index in [9.17, 15) is 9.59 Å². The van der Waals surface area contributed by atoms with Gasteiger partial charge in [0.15, 0.2) is 0 Å². The van der Waals surface area contributed by atoms with Gasteiger partial charge in [-0.05, 0) is 11.1 Å². The second-order valence-corrected chi connectivity index (χ2v) is 6.41. The molecule has 0 aromatic heterocycles. The molecule has 2 aromatic carbocycles. The number of hydrogen-bond acceptors (Lipinski definition) is 4. The van der Waals surface area contributed by atoms with Crippen molar-refractivity contribution in [3.8, 4) is 0 Å². The fraction of sp³-hybridized carbons (Fsp3) is 0.263. The maximum absolute atomic E-state index is 11.9. The van der Waals surface area contributed by atoms with E-state index in [2.05, 4.69) is 5.32 Å². The normalized spacial score (nSPS) is 10.6. The third-order valence-electron chi connectivity index (χ3n) is 3.38. The first-order valence-electron chi connectivity index (χ1n) is 7.94. The minimum atomic E-state index is -0.853. The molecule has 0 aliphatic heterocycles. The Balaban J connectivity index is 1.86. The summed E-state index contributed by atoms with van der Waals surface area (Å²) in [6.45, 7) is 0.361. The molecule has 0 fully saturated rings. The number of benzene rings is 2. The van der Waals surface area contributed by atoms with Crippen molar-refractivity contribution in [3.05, 3.63) is 71.8 Å². The molecule has 0 spiro atoms. The summed E-state index contributed by atoms with van der Waals surface area (Å²) < 4.78 is 5.86. The summed E-state index contributed by atoms with van der Waals surface area (Å²) in [6.07, 6.45) is -0.311. The van der Waals surface area contributed by atoms with Crippen LogP contribution in [0.2, 0.25) is 0 Å². The highest BCUT2D eigenvalue weighted by molar-refractivity contribution is 7.99. The first kappa shape index (κ1) is 19.0. The van der Waals surface area contributed by atoms with Crippen LogP contribution in [-0.4, -0.2) is 41.6 Å². The molecule has 5 nitrogen and oxygen atoms in total. The van der Waals surface area contributed by atoms with Crippen LogP contribution in [0.5, 0.6) is 0 Å². The number of amides is 1. The van der Waals surface area contributed by atoms with Crippen molar-refractivity contribution in [2.75, 3.05) is 24.7 Å². The molecule has 25 heavy (non-hydrogen) atoms. The Morgan fingerprint density at radius 1 is 1.00 bits per heavy atom. The van der Waals surface area contributed by atoms with Gasteiger partial charge in [-0.3, -0.25) is 9.59 Å². The number of carbonyl (C=O) groups is 2. The van der Waals surface area contributed by atoms with Crippen molar-refractivity contribution in [2.24, 2.45) is 0 Å². The Morgan fingerprint density at radius 3 is 2.08 bits per heavy atom. The van der Waals surface area contributed by atoms with E-state index in [1.807, 2.05) is 60.7 Å². The molecule has 0 saturated heterocycles. The van der Waals surface area contributed by atoms with Crippen molar-refractivity contribution in [1.29, 1.82) is 0 Å². The fourth-order valence-corrected chi connectivity index (χ4v) is 2.84. The lowest BCUT2D eigenvalue weighted by atomic mass is 10.0. The number of rotatable bonds is 10. The highest BCUT2D eigenvalue weighted by Gasteiger charge is 2.15. The average molecular weight is 359 g/mol. The molecular weight excluding hydrogens is 338 g/mol. The number of carboxylic acid groups (broad SMARTS) is 1. The van der Waals surface area contributed by atoms with Crippen molar-refractivity contribution in [3.63, 3.8) is 0 Å². The maximum atomic E-state index is 11.9. The largest absolute Gasteiger partial charge is 0.481 e. The first-order chi connectivity index (χ1) is 12.2. The minimum Gasteiger partial charge on any atom is -0.481 e. The van der Waals surface area contributed by atoms with Gasteiger partial charge in [0, 0.05) is 12.3 Å². The first-order valence-corrected chi connectivity index (χ1v) is 9.10. The third-order valence-corrected chi connectivity index (χ3v) is 4.32. The molecule has 0 atom stereocenters. The molecule has 0 unspecified atom stereocenters. The molecule has 2 rings (SSSR count). The third kappa shape index (κ3) is 6.99. The highest BCUT2D eigenvalue weighted by atomic mass is 32.2. The van der Waals surface area contributed by atoms with Gasteiger partial charge in [0.1, 0.15) is 12.7 Å². The van der Waals surface area contributed by atoms with Gasteiger partial charge in [-0.2, -0.15) is 0 Å². The van der Waals surface area contributed by atoms with Crippen molar-refractivity contribution >= 4 is 23.6 Å². The number of hydrogen-bond donors (Lipinski definition) is 2. The quantitative estimate of drug-likeness (QED) is 0.638. The van der Waals surface area contributed by atoms with Crippen LogP contribution in [0, 0.1) is 0 Å². The smallest absolute Gasteiger partial charge is 0.313 e. The molecule has 0 radical (unpaired) electrons. The predicted molar refractivity (Wildman–Crippen MR) is 98.6 cm³/mol. The van der Waals surface area contributed by atoms with E-state index >= 15 is 0 Å². The van der Waals surface area contributed by atoms with E-state index in [-0.39, 0.29) is 24.4 Å². The van der Waals surface area contributed by atoms with E-state index < -0.39 is 5.97 Å². The van der Waals surface area contributed by atoms with Gasteiger partial charge in [-0.1, -0.05) is 60.7 Å². The van der Waals surface area contributed by atoms with E-state index in [0.29, 0.717) is 12.3 Å². The van der Waals surface area contributed by atoms with E-state index in [4.69, 9.17) is 9.84 Å². The summed E-state index contributed by atoms with van der Waals surface area (Å²) in [4.78, 5) is 22.4. The molecule has 0 bridgehead atoms. The summed E-state index contributed by atoms with van der Waals surface area (Å²) in [5, 5.41) is 11.3. The average Bonchev–Trinajstić information content (AvgIpc) is 2.63. The minimum absolute atomic E-state index is 0.0382. The van der Waals surface area contributed by atoms with Gasteiger partial charge in [0.2, 0.25) is 5.91 Å². The van der Waals surface area contributed by atoms with Gasteiger partial charge in [0.25, 0.3) is 0 Å². The summed E-state index contributed by atoms with van der Waals surface area (Å²) in [5.74, 6) is -0.476. The number of ether oxygens (including phenoxy) is 1. The number of nitrogens with one attached hydrogen (secondary N) is 1. The summed E-state index contributed by atoms with van der Waals surface area (Å²) in [7, 11) is 0. The van der Waals surface area contributed by atoms with Gasteiger partial charge < -0.3 is 15.2 Å². The van der Waals surface area contributed by atoms with Crippen LogP contribution >= 0.6 is 11.8 Å². The van der Waals surface area contributed by atoms with E-state index in [0.717, 1.165) is 11.1 Å². The Hall–Kier alpha value is -2.31. The summed E-state index contributed by atoms with van der Waals surface area (Å²) in [6, 6.07) is 19.5. The van der Waals surface area contributed by atoms with Crippen molar-refractivity contribution in [2.45, 2.75) is 6.10 Å². The molecule has 132 valence electrons. The van der Waals surface area contributed by atoms with Crippen molar-refractivity contribution in [1.82, 2.24) is 5.32 Å². The predicted octanol–water partition coefficient (Wildman–Crippen LogP) is 2.73. The summed E-state index contributed by atoms with van der Waals surface area (Å²) in [5.41, 5.74) is 1.97. The van der Waals surface area contributed by atoms with E-state index in [1.165, 1.54) is 11.8 Å². The number of thioether (sulfide) groups is 1. The van der Waals surface area contributed by atoms with Crippen LogP contribution < -0.4 is 5.32 Å². The molecule has 2 aromatic rings. The zero-order valence-corrected chi connectivity index (χ0v) is 14.6. The van der Waals surface area contributed by atoms with Gasteiger partial charge in [-0.15, -0.1) is 11.8 Å². The fourth-order valence-electron chi connectivity index (χ4n) is 2.27. The van der Waals surface area contributed by atoms with Crippen LogP contribution in [-0.2, 0) is 14.3 Å². The van der Waals surface area contributed by atoms with Crippen LogP contribution in [0.1, 0.15) is 17.2 Å². The number of aliphatic carboxylic acids is 1. The molecule has 0 heterocycles. The molecule has 0 aliphatic carbocycles. The Labute approximate surface area is 151 Å². The topological polar surface area (TPSA) is 75.6 Å². The Kier molecular flexibility index (Phi) is 8.01. The second kappa shape index (κ2) is 10.5. The van der Waals surface area contributed by atoms with Crippen LogP contribution in [0.15, 0.2) is 60.7 Å². The van der Waals surface area contributed by atoms with E-state index in [1.54, 1.807) is 0 Å². The highest BCUT2D eigenvalue weighted by Crippen LogP contribution is 2.25.